The first-order valence-electron chi connectivity index (χ1n) is 2.88. The van der Waals surface area contributed by atoms with Crippen molar-refractivity contribution in [1.82, 2.24) is 0 Å². The minimum absolute atomic E-state index is 0.0602. The molecule has 10 heavy (non-hydrogen) atoms. The highest BCUT2D eigenvalue weighted by Gasteiger charge is 2.32. The van der Waals surface area contributed by atoms with Crippen molar-refractivity contribution in [2.45, 2.75) is 6.42 Å². The van der Waals surface area contributed by atoms with Crippen LogP contribution in [-0.2, 0) is 14.4 Å². The Morgan fingerprint density at radius 2 is 2.30 bits per heavy atom. The van der Waals surface area contributed by atoms with Gasteiger partial charge in [0.25, 0.3) is 0 Å². The van der Waals surface area contributed by atoms with E-state index in [1.807, 2.05) is 0 Å². The van der Waals surface area contributed by atoms with Gasteiger partial charge in [0.2, 0.25) is 0 Å². The highest BCUT2D eigenvalue weighted by atomic mass is 32.2. The van der Waals surface area contributed by atoms with E-state index < -0.39 is 5.92 Å². The topological polar surface area (TPSA) is 51.2 Å². The van der Waals surface area contributed by atoms with Crippen LogP contribution in [0.2, 0.25) is 0 Å². The van der Waals surface area contributed by atoms with Crippen molar-refractivity contribution in [2.75, 3.05) is 5.75 Å². The normalized spacial score (nSPS) is 25.4. The Hall–Kier alpha value is -0.640. The van der Waals surface area contributed by atoms with Crippen molar-refractivity contribution >= 4 is 28.9 Å². The molecule has 0 aromatic heterocycles. The van der Waals surface area contributed by atoms with Crippen LogP contribution in [0.5, 0.6) is 0 Å². The molecule has 54 valence electrons. The molecule has 0 aromatic rings. The summed E-state index contributed by atoms with van der Waals surface area (Å²) in [7, 11) is 0. The minimum atomic E-state index is -0.637. The van der Waals surface area contributed by atoms with Crippen LogP contribution in [0.4, 0.5) is 0 Å². The van der Waals surface area contributed by atoms with E-state index in [9.17, 15) is 14.4 Å². The van der Waals surface area contributed by atoms with E-state index in [-0.39, 0.29) is 23.1 Å². The third-order valence-corrected chi connectivity index (χ3v) is 2.36. The van der Waals surface area contributed by atoms with E-state index in [0.29, 0.717) is 6.29 Å². The van der Waals surface area contributed by atoms with Crippen LogP contribution in [0.3, 0.4) is 0 Å². The van der Waals surface area contributed by atoms with Crippen LogP contribution in [0.1, 0.15) is 6.42 Å². The van der Waals surface area contributed by atoms with Gasteiger partial charge in [-0.05, 0) is 0 Å². The number of aldehydes is 1. The molecule has 4 heteroatoms. The third kappa shape index (κ3) is 1.26. The Kier molecular flexibility index (Phi) is 2.21. The lowest BCUT2D eigenvalue weighted by molar-refractivity contribution is -0.127. The molecule has 1 heterocycles. The molecule has 0 spiro atoms. The van der Waals surface area contributed by atoms with Crippen molar-refractivity contribution < 1.29 is 14.4 Å². The van der Waals surface area contributed by atoms with E-state index in [1.165, 1.54) is 0 Å². The van der Waals surface area contributed by atoms with Crippen molar-refractivity contribution in [3.63, 3.8) is 0 Å². The fourth-order valence-electron chi connectivity index (χ4n) is 0.799. The Balaban J connectivity index is 2.62. The van der Waals surface area contributed by atoms with Crippen molar-refractivity contribution in [2.24, 2.45) is 5.92 Å². The number of carbonyl (C=O) groups is 3. The molecule has 1 unspecified atom stereocenters. The number of Topliss-reactive ketones (excluding diaryl/α,β-unsaturated/α-hetero) is 1. The van der Waals surface area contributed by atoms with Gasteiger partial charge in [-0.1, -0.05) is 11.8 Å². The van der Waals surface area contributed by atoms with Gasteiger partial charge in [0.05, 0.1) is 11.7 Å². The maximum absolute atomic E-state index is 10.8. The molecule has 1 rings (SSSR count). The van der Waals surface area contributed by atoms with E-state index in [2.05, 4.69) is 0 Å². The summed E-state index contributed by atoms with van der Waals surface area (Å²) in [6.45, 7) is 0. The molecule has 1 saturated heterocycles. The molecule has 3 nitrogen and oxygen atoms in total. The predicted octanol–water partition coefficient (Wildman–Crippen LogP) is 0.0341. The van der Waals surface area contributed by atoms with Gasteiger partial charge < -0.3 is 4.79 Å². The number of ketones is 1. The zero-order valence-corrected chi connectivity index (χ0v) is 6.02. The van der Waals surface area contributed by atoms with Crippen molar-refractivity contribution in [3.05, 3.63) is 0 Å². The Morgan fingerprint density at radius 1 is 1.60 bits per heavy atom. The summed E-state index contributed by atoms with van der Waals surface area (Å²) in [4.78, 5) is 31.5. The Labute approximate surface area is 62.2 Å². The molecule has 1 aliphatic heterocycles. The van der Waals surface area contributed by atoms with Crippen molar-refractivity contribution in [1.29, 1.82) is 0 Å². The average molecular weight is 158 g/mol. The van der Waals surface area contributed by atoms with Crippen LogP contribution in [0, 0.1) is 5.92 Å². The zero-order valence-electron chi connectivity index (χ0n) is 5.20. The first-order valence-corrected chi connectivity index (χ1v) is 3.87. The summed E-state index contributed by atoms with van der Waals surface area (Å²) in [5, 5.41) is -0.155. The molecule has 1 atom stereocenters. The molecular formula is C6H6O3S. The van der Waals surface area contributed by atoms with Crippen LogP contribution in [-0.4, -0.2) is 22.9 Å². The van der Waals surface area contributed by atoms with Gasteiger partial charge in [-0.15, -0.1) is 0 Å². The highest BCUT2D eigenvalue weighted by Crippen LogP contribution is 2.23. The number of thioether (sulfide) groups is 1. The monoisotopic (exact) mass is 158 g/mol. The van der Waals surface area contributed by atoms with Gasteiger partial charge in [0.15, 0.2) is 10.9 Å². The van der Waals surface area contributed by atoms with E-state index >= 15 is 0 Å². The van der Waals surface area contributed by atoms with E-state index in [0.717, 1.165) is 11.8 Å². The lowest BCUT2D eigenvalue weighted by atomic mass is 10.0. The maximum atomic E-state index is 10.8. The van der Waals surface area contributed by atoms with Gasteiger partial charge in [-0.2, -0.15) is 0 Å². The summed E-state index contributed by atoms with van der Waals surface area (Å²) >= 11 is 1.01. The molecule has 0 saturated carbocycles. The number of hydrogen-bond donors (Lipinski definition) is 0. The lowest BCUT2D eigenvalue weighted by Gasteiger charge is -1.95. The molecular weight excluding hydrogens is 152 g/mol. The SMILES string of the molecule is O=CCC1C(=O)CSC1=O. The second-order valence-electron chi connectivity index (χ2n) is 2.03. The van der Waals surface area contributed by atoms with Gasteiger partial charge in [0.1, 0.15) is 6.29 Å². The largest absolute Gasteiger partial charge is 0.303 e. The van der Waals surface area contributed by atoms with Gasteiger partial charge in [-0.3, -0.25) is 9.59 Å². The zero-order chi connectivity index (χ0) is 7.56. The maximum Gasteiger partial charge on any atom is 0.200 e. The van der Waals surface area contributed by atoms with Crippen LogP contribution in [0.25, 0.3) is 0 Å². The Morgan fingerprint density at radius 3 is 2.70 bits per heavy atom. The fourth-order valence-corrected chi connectivity index (χ4v) is 1.71. The van der Waals surface area contributed by atoms with E-state index in [1.54, 1.807) is 0 Å². The molecule has 1 fully saturated rings. The molecule has 0 aliphatic carbocycles. The number of hydrogen-bond acceptors (Lipinski definition) is 4. The van der Waals surface area contributed by atoms with E-state index in [4.69, 9.17) is 0 Å². The second-order valence-corrected chi connectivity index (χ2v) is 3.01. The fraction of sp³-hybridized carbons (Fsp3) is 0.500. The predicted molar refractivity (Wildman–Crippen MR) is 36.6 cm³/mol. The first-order chi connectivity index (χ1) is 4.75. The molecule has 1 aliphatic rings. The summed E-state index contributed by atoms with van der Waals surface area (Å²) < 4.78 is 0. The molecule has 0 N–H and O–H groups in total. The molecule has 0 aromatic carbocycles. The second kappa shape index (κ2) is 2.96. The van der Waals surface area contributed by atoms with Crippen LogP contribution < -0.4 is 0 Å². The van der Waals surface area contributed by atoms with Crippen LogP contribution >= 0.6 is 11.8 Å². The number of carbonyl (C=O) groups excluding carboxylic acids is 3. The molecule has 0 amide bonds. The quantitative estimate of drug-likeness (QED) is 0.420. The standard InChI is InChI=1S/C6H6O3S/c7-2-1-4-5(8)3-10-6(4)9/h2,4H,1,3H2. The van der Waals surface area contributed by atoms with Crippen LogP contribution in [0.15, 0.2) is 0 Å². The molecule has 0 radical (unpaired) electrons. The van der Waals surface area contributed by atoms with Gasteiger partial charge in [-0.25, -0.2) is 0 Å². The third-order valence-electron chi connectivity index (χ3n) is 1.36. The first kappa shape index (κ1) is 7.47. The summed E-state index contributed by atoms with van der Waals surface area (Å²) in [5.74, 6) is -0.498. The number of rotatable bonds is 2. The summed E-state index contributed by atoms with van der Waals surface area (Å²) in [6, 6.07) is 0. The summed E-state index contributed by atoms with van der Waals surface area (Å²) in [6.07, 6.45) is 0.678. The smallest absolute Gasteiger partial charge is 0.200 e. The lowest BCUT2D eigenvalue weighted by Crippen LogP contribution is -2.14. The summed E-state index contributed by atoms with van der Waals surface area (Å²) in [5.41, 5.74) is 0. The van der Waals surface area contributed by atoms with Gasteiger partial charge in [0, 0.05) is 6.42 Å². The average Bonchev–Trinajstić information content (AvgIpc) is 2.20. The minimum Gasteiger partial charge on any atom is -0.303 e. The molecule has 0 bridgehead atoms. The highest BCUT2D eigenvalue weighted by molar-refractivity contribution is 8.15. The van der Waals surface area contributed by atoms with Crippen molar-refractivity contribution in [3.8, 4) is 0 Å². The van der Waals surface area contributed by atoms with Gasteiger partial charge >= 0.3 is 0 Å². The Bertz CT molecular complexity index is 171.